The van der Waals surface area contributed by atoms with Crippen LogP contribution in [0.15, 0.2) is 42.5 Å². The summed E-state index contributed by atoms with van der Waals surface area (Å²) in [5, 5.41) is 4.20. The number of aryl methyl sites for hydroxylation is 1. The van der Waals surface area contributed by atoms with E-state index in [1.807, 2.05) is 20.2 Å². The van der Waals surface area contributed by atoms with Crippen LogP contribution in [0, 0.1) is 0 Å². The van der Waals surface area contributed by atoms with Gasteiger partial charge in [0.1, 0.15) is 0 Å². The number of fused-ring (bicyclic) bond motifs is 1. The average molecular weight is 256 g/mol. The summed E-state index contributed by atoms with van der Waals surface area (Å²) in [6.45, 7) is 0. The number of hydrogen-bond acceptors (Lipinski definition) is 2. The van der Waals surface area contributed by atoms with Crippen LogP contribution in [0.4, 0.5) is 0 Å². The zero-order valence-corrected chi connectivity index (χ0v) is 11.5. The Balaban J connectivity index is 1.89. The minimum absolute atomic E-state index is 0.0748. The van der Waals surface area contributed by atoms with Crippen LogP contribution in [0.1, 0.15) is 18.4 Å². The highest BCUT2D eigenvalue weighted by atomic mass is 16.2. The number of hydrazine groups is 1. The molecule has 1 N–H and O–H groups in total. The second-order valence-corrected chi connectivity index (χ2v) is 4.96. The van der Waals surface area contributed by atoms with Crippen LogP contribution in [0.25, 0.3) is 10.8 Å². The molecule has 3 heteroatoms. The molecule has 0 aliphatic heterocycles. The van der Waals surface area contributed by atoms with Gasteiger partial charge in [-0.15, -0.1) is 0 Å². The first-order valence-electron chi connectivity index (χ1n) is 6.59. The molecule has 0 spiro atoms. The molecule has 19 heavy (non-hydrogen) atoms. The molecule has 2 aromatic rings. The predicted molar refractivity (Wildman–Crippen MR) is 78.7 cm³/mol. The molecular weight excluding hydrogens is 236 g/mol. The Bertz CT molecular complexity index is 563. The van der Waals surface area contributed by atoms with Crippen molar-refractivity contribution in [3.8, 4) is 0 Å². The third-order valence-corrected chi connectivity index (χ3v) is 3.03. The lowest BCUT2D eigenvalue weighted by Crippen LogP contribution is -2.35. The maximum Gasteiger partial charge on any atom is 0.234 e. The summed E-state index contributed by atoms with van der Waals surface area (Å²) < 4.78 is 0. The Hall–Kier alpha value is -1.87. The van der Waals surface area contributed by atoms with Crippen LogP contribution in [-0.4, -0.2) is 25.0 Å². The summed E-state index contributed by atoms with van der Waals surface area (Å²) in [6.07, 6.45) is 2.37. The lowest BCUT2D eigenvalue weighted by molar-refractivity contribution is -0.124. The van der Waals surface area contributed by atoms with E-state index in [4.69, 9.17) is 0 Å². The fraction of sp³-hybridized carbons (Fsp3) is 0.312. The molecule has 0 bridgehead atoms. The Morgan fingerprint density at radius 3 is 2.58 bits per heavy atom. The van der Waals surface area contributed by atoms with Crippen LogP contribution in [0.3, 0.4) is 0 Å². The first-order valence-corrected chi connectivity index (χ1v) is 6.59. The van der Waals surface area contributed by atoms with E-state index in [0.29, 0.717) is 6.42 Å². The molecule has 0 aliphatic carbocycles. The molecule has 100 valence electrons. The van der Waals surface area contributed by atoms with Gasteiger partial charge in [0.2, 0.25) is 5.91 Å². The maximum atomic E-state index is 11.5. The molecule has 0 heterocycles. The molecule has 0 saturated carbocycles. The summed E-state index contributed by atoms with van der Waals surface area (Å²) in [5.74, 6) is 0.0748. The molecule has 3 nitrogen and oxygen atoms in total. The lowest BCUT2D eigenvalue weighted by atomic mass is 10.0. The number of benzene rings is 2. The SMILES string of the molecule is CN(C)NC(=O)CCCc1ccc2ccccc2c1. The fourth-order valence-electron chi connectivity index (χ4n) is 2.15. The molecule has 0 radical (unpaired) electrons. The monoisotopic (exact) mass is 256 g/mol. The van der Waals surface area contributed by atoms with Crippen molar-refractivity contribution in [2.75, 3.05) is 14.1 Å². The number of nitrogens with one attached hydrogen (secondary N) is 1. The highest BCUT2D eigenvalue weighted by Gasteiger charge is 2.02. The molecule has 2 rings (SSSR count). The van der Waals surface area contributed by atoms with Crippen molar-refractivity contribution in [3.05, 3.63) is 48.0 Å². The molecule has 0 atom stereocenters. The van der Waals surface area contributed by atoms with Crippen LogP contribution in [0.5, 0.6) is 0 Å². The smallest absolute Gasteiger partial charge is 0.234 e. The molecule has 0 saturated heterocycles. The van der Waals surface area contributed by atoms with Crippen molar-refractivity contribution >= 4 is 16.7 Å². The van der Waals surface area contributed by atoms with Gasteiger partial charge in [-0.25, -0.2) is 5.01 Å². The van der Waals surface area contributed by atoms with Gasteiger partial charge in [-0.05, 0) is 29.2 Å². The van der Waals surface area contributed by atoms with E-state index in [2.05, 4.69) is 41.8 Å². The summed E-state index contributed by atoms with van der Waals surface area (Å²) in [5.41, 5.74) is 4.04. The van der Waals surface area contributed by atoms with Gasteiger partial charge in [-0.3, -0.25) is 10.2 Å². The molecule has 2 aromatic carbocycles. The highest BCUT2D eigenvalue weighted by Crippen LogP contribution is 2.16. The molecule has 0 unspecified atom stereocenters. The van der Waals surface area contributed by atoms with Crippen LogP contribution in [0.2, 0.25) is 0 Å². The summed E-state index contributed by atoms with van der Waals surface area (Å²) >= 11 is 0. The third kappa shape index (κ3) is 4.07. The summed E-state index contributed by atoms with van der Waals surface area (Å²) in [4.78, 5) is 11.5. The quantitative estimate of drug-likeness (QED) is 0.834. The van der Waals surface area contributed by atoms with Crippen molar-refractivity contribution in [2.24, 2.45) is 0 Å². The third-order valence-electron chi connectivity index (χ3n) is 3.03. The van der Waals surface area contributed by atoms with Gasteiger partial charge in [-0.1, -0.05) is 42.5 Å². The van der Waals surface area contributed by atoms with Gasteiger partial charge in [0.25, 0.3) is 0 Å². The van der Waals surface area contributed by atoms with E-state index in [0.717, 1.165) is 12.8 Å². The first kappa shape index (κ1) is 13.6. The van der Waals surface area contributed by atoms with E-state index in [9.17, 15) is 4.79 Å². The normalized spacial score (nSPS) is 10.9. The van der Waals surface area contributed by atoms with Crippen LogP contribution >= 0.6 is 0 Å². The highest BCUT2D eigenvalue weighted by molar-refractivity contribution is 5.83. The Labute approximate surface area is 114 Å². The van der Waals surface area contributed by atoms with Gasteiger partial charge in [0.15, 0.2) is 0 Å². The van der Waals surface area contributed by atoms with Gasteiger partial charge < -0.3 is 0 Å². The van der Waals surface area contributed by atoms with Crippen molar-refractivity contribution < 1.29 is 4.79 Å². The topological polar surface area (TPSA) is 32.3 Å². The molecule has 1 amide bonds. The van der Waals surface area contributed by atoms with Crippen LogP contribution in [-0.2, 0) is 11.2 Å². The van der Waals surface area contributed by atoms with E-state index in [-0.39, 0.29) is 5.91 Å². The number of rotatable bonds is 5. The second kappa shape index (κ2) is 6.34. The van der Waals surface area contributed by atoms with E-state index in [1.165, 1.54) is 16.3 Å². The van der Waals surface area contributed by atoms with Crippen molar-refractivity contribution in [1.82, 2.24) is 10.4 Å². The first-order chi connectivity index (χ1) is 9.15. The van der Waals surface area contributed by atoms with Crippen molar-refractivity contribution in [2.45, 2.75) is 19.3 Å². The number of amides is 1. The zero-order chi connectivity index (χ0) is 13.7. The van der Waals surface area contributed by atoms with Crippen molar-refractivity contribution in [1.29, 1.82) is 0 Å². The van der Waals surface area contributed by atoms with Crippen molar-refractivity contribution in [3.63, 3.8) is 0 Å². The van der Waals surface area contributed by atoms with Crippen LogP contribution < -0.4 is 5.43 Å². The number of hydrogen-bond donors (Lipinski definition) is 1. The largest absolute Gasteiger partial charge is 0.289 e. The summed E-state index contributed by atoms with van der Waals surface area (Å²) in [6, 6.07) is 14.8. The van der Waals surface area contributed by atoms with Gasteiger partial charge in [-0.2, -0.15) is 0 Å². The number of carbonyl (C=O) groups excluding carboxylic acids is 1. The van der Waals surface area contributed by atoms with Gasteiger partial charge in [0.05, 0.1) is 0 Å². The molecular formula is C16H20N2O. The Morgan fingerprint density at radius 2 is 1.84 bits per heavy atom. The van der Waals surface area contributed by atoms with E-state index >= 15 is 0 Å². The zero-order valence-electron chi connectivity index (χ0n) is 11.5. The molecule has 0 aromatic heterocycles. The maximum absolute atomic E-state index is 11.5. The van der Waals surface area contributed by atoms with Gasteiger partial charge >= 0.3 is 0 Å². The lowest BCUT2D eigenvalue weighted by Gasteiger charge is -2.11. The average Bonchev–Trinajstić information content (AvgIpc) is 2.37. The number of nitrogens with zero attached hydrogens (tertiary/aromatic N) is 1. The minimum Gasteiger partial charge on any atom is -0.289 e. The number of carbonyl (C=O) groups is 1. The predicted octanol–water partition coefficient (Wildman–Crippen LogP) is 2.76. The second-order valence-electron chi connectivity index (χ2n) is 4.96. The molecule has 0 fully saturated rings. The molecule has 0 aliphatic rings. The fourth-order valence-corrected chi connectivity index (χ4v) is 2.15. The standard InChI is InChI=1S/C16H20N2O/c1-18(2)17-16(19)9-5-6-13-10-11-14-7-3-4-8-15(14)12-13/h3-4,7-8,10-12H,5-6,9H2,1-2H3,(H,17,19). The van der Waals surface area contributed by atoms with E-state index < -0.39 is 0 Å². The van der Waals surface area contributed by atoms with Gasteiger partial charge in [0, 0.05) is 20.5 Å². The van der Waals surface area contributed by atoms with E-state index in [1.54, 1.807) is 5.01 Å². The Kier molecular flexibility index (Phi) is 4.53. The minimum atomic E-state index is 0.0748. The summed E-state index contributed by atoms with van der Waals surface area (Å²) in [7, 11) is 3.64. The Morgan fingerprint density at radius 1 is 1.11 bits per heavy atom.